The molecule has 7 aromatic rings. The molecule has 1 atom stereocenters. The molecular weight excluding hydrogens is 877 g/mol. The zero-order chi connectivity index (χ0) is 42.4. The van der Waals surface area contributed by atoms with E-state index in [2.05, 4.69) is 25.1 Å². The monoisotopic (exact) mass is 909 g/mol. The Morgan fingerprint density at radius 1 is 0.650 bits per heavy atom. The molecule has 3 aromatic carbocycles. The van der Waals surface area contributed by atoms with Crippen LogP contribution in [0.1, 0.15) is 37.8 Å². The lowest BCUT2D eigenvalue weighted by Crippen LogP contribution is -2.22. The lowest BCUT2D eigenvalue weighted by molar-refractivity contribution is 0.0975. The van der Waals surface area contributed by atoms with Crippen LogP contribution in [0.3, 0.4) is 0 Å². The minimum atomic E-state index is -0.626. The van der Waals surface area contributed by atoms with Crippen molar-refractivity contribution in [2.75, 3.05) is 19.3 Å². The summed E-state index contributed by atoms with van der Waals surface area (Å²) in [7, 11) is 3.07. The Bertz CT molecular complexity index is 2560. The number of aromatic nitrogens is 5. The number of rotatable bonds is 10. The van der Waals surface area contributed by atoms with Crippen LogP contribution in [0.25, 0.3) is 28.0 Å². The second-order valence-corrected chi connectivity index (χ2v) is 16.8. The van der Waals surface area contributed by atoms with E-state index in [9.17, 15) is 9.59 Å². The maximum atomic E-state index is 12.7. The predicted molar refractivity (Wildman–Crippen MR) is 248 cm³/mol. The molecule has 0 aliphatic carbocycles. The third-order valence-corrected chi connectivity index (χ3v) is 12.5. The fourth-order valence-electron chi connectivity index (χ4n) is 5.80. The van der Waals surface area contributed by atoms with E-state index in [1.165, 1.54) is 7.11 Å². The third-order valence-electron chi connectivity index (χ3n) is 8.78. The fourth-order valence-corrected chi connectivity index (χ4v) is 8.08. The second-order valence-electron chi connectivity index (χ2n) is 12.5. The molecule has 1 saturated heterocycles. The predicted octanol–water partition coefficient (Wildman–Crippen LogP) is 12.2. The summed E-state index contributed by atoms with van der Waals surface area (Å²) >= 11 is 26.2. The van der Waals surface area contributed by atoms with Crippen LogP contribution >= 0.6 is 70.5 Å². The number of hydrogen-bond donors (Lipinski definition) is 1. The standard InChI is InChI=1S/C15H12ClN3O.C15H12ClNO2S.C15H10ClNOS2/c1-20-15-13(10-6-8-17-9-7-10)14(18-19-15)11-2-4-12(16)5-3-11;1-19-15(20)13(10-6-8-17-9-7-10)14(18)11-2-4-12(16)5-3-11;16-12-3-1-11(2-4-12)14(18)13(15-19-9-20-15)10-5-7-17-8-6-10/h2-9H,1H3,(H,18,19);2-9,13H,1H3;1-8H,9H2. The number of H-pyrrole nitrogens is 1. The molecule has 4 aromatic heterocycles. The largest absolute Gasteiger partial charge is 0.489 e. The van der Waals surface area contributed by atoms with Gasteiger partial charge in [0.05, 0.1) is 29.7 Å². The zero-order valence-corrected chi connectivity index (χ0v) is 36.6. The van der Waals surface area contributed by atoms with E-state index < -0.39 is 5.92 Å². The van der Waals surface area contributed by atoms with Crippen LogP contribution in [0.4, 0.5) is 0 Å². The van der Waals surface area contributed by atoms with Crippen LogP contribution in [0, 0.1) is 0 Å². The first-order valence-corrected chi connectivity index (χ1v) is 21.5. The number of nitrogens with one attached hydrogen (secondary N) is 1. The highest BCUT2D eigenvalue weighted by Crippen LogP contribution is 2.48. The third kappa shape index (κ3) is 11.3. The van der Waals surface area contributed by atoms with Crippen LogP contribution in [-0.2, 0) is 4.74 Å². The molecule has 15 heteroatoms. The van der Waals surface area contributed by atoms with Gasteiger partial charge >= 0.3 is 0 Å². The topological polar surface area (TPSA) is 120 Å². The molecule has 0 radical (unpaired) electrons. The zero-order valence-electron chi connectivity index (χ0n) is 31.9. The molecule has 1 unspecified atom stereocenters. The molecule has 1 aliphatic heterocycles. The minimum Gasteiger partial charge on any atom is -0.489 e. The van der Waals surface area contributed by atoms with E-state index in [4.69, 9.17) is 56.5 Å². The fraction of sp³-hybridized carbons (Fsp3) is 0.0889. The van der Waals surface area contributed by atoms with Gasteiger partial charge in [0.2, 0.25) is 5.88 Å². The van der Waals surface area contributed by atoms with Crippen molar-refractivity contribution in [1.29, 1.82) is 0 Å². The number of ketones is 2. The summed E-state index contributed by atoms with van der Waals surface area (Å²) in [6.07, 6.45) is 10.1. The summed E-state index contributed by atoms with van der Waals surface area (Å²) in [4.78, 5) is 37.4. The summed E-state index contributed by atoms with van der Waals surface area (Å²) in [6.45, 7) is 0. The van der Waals surface area contributed by atoms with Gasteiger partial charge in [0, 0.05) is 79.6 Å². The van der Waals surface area contributed by atoms with Gasteiger partial charge in [-0.2, -0.15) is 0 Å². The van der Waals surface area contributed by atoms with Crippen molar-refractivity contribution in [2.45, 2.75) is 5.92 Å². The van der Waals surface area contributed by atoms with Crippen molar-refractivity contribution in [3.8, 4) is 28.3 Å². The quantitative estimate of drug-likeness (QED) is 0.0802. The number of ether oxygens (including phenoxy) is 2. The van der Waals surface area contributed by atoms with E-state index in [0.717, 1.165) is 48.4 Å². The van der Waals surface area contributed by atoms with Crippen molar-refractivity contribution in [2.24, 2.45) is 0 Å². The molecule has 0 saturated carbocycles. The van der Waals surface area contributed by atoms with Crippen molar-refractivity contribution in [3.63, 3.8) is 0 Å². The number of aromatic amines is 1. The van der Waals surface area contributed by atoms with Crippen molar-refractivity contribution >= 4 is 92.7 Å². The lowest BCUT2D eigenvalue weighted by atomic mass is 9.92. The van der Waals surface area contributed by atoms with Crippen LogP contribution < -0.4 is 4.74 Å². The summed E-state index contributed by atoms with van der Waals surface area (Å²) in [6, 6.07) is 32.4. The highest BCUT2D eigenvalue weighted by molar-refractivity contribution is 8.37. The number of halogens is 3. The Morgan fingerprint density at radius 3 is 1.65 bits per heavy atom. The average Bonchev–Trinajstić information content (AvgIpc) is 3.71. The van der Waals surface area contributed by atoms with Crippen molar-refractivity contribution in [1.82, 2.24) is 25.1 Å². The molecular formula is C45H34Cl3N5O4S3. The highest BCUT2D eigenvalue weighted by atomic mass is 35.5. The first kappa shape index (κ1) is 44.2. The first-order valence-electron chi connectivity index (χ1n) is 17.9. The Labute approximate surface area is 375 Å². The van der Waals surface area contributed by atoms with Gasteiger partial charge in [0.25, 0.3) is 0 Å². The van der Waals surface area contributed by atoms with Crippen molar-refractivity contribution in [3.05, 3.63) is 188 Å². The number of Topliss-reactive ketones (excluding diaryl/α,β-unsaturated/α-hetero) is 2. The molecule has 8 rings (SSSR count). The number of carbonyl (C=O) groups excluding carboxylic acids is 2. The number of nitrogens with zero attached hydrogens (tertiary/aromatic N) is 4. The van der Waals surface area contributed by atoms with Crippen LogP contribution in [0.5, 0.6) is 5.88 Å². The smallest absolute Gasteiger partial charge is 0.240 e. The second kappa shape index (κ2) is 21.8. The Balaban J connectivity index is 0.000000151. The number of carbonyl (C=O) groups is 2. The van der Waals surface area contributed by atoms with E-state index in [1.54, 1.807) is 128 Å². The van der Waals surface area contributed by atoms with Crippen molar-refractivity contribution < 1.29 is 19.1 Å². The highest BCUT2D eigenvalue weighted by Gasteiger charge is 2.27. The normalized spacial score (nSPS) is 12.0. The summed E-state index contributed by atoms with van der Waals surface area (Å²) in [5.41, 5.74) is 7.42. The molecule has 302 valence electrons. The SMILES string of the molecule is COC(=S)C(C(=O)c1ccc(Cl)cc1)c1ccncc1.COc1n[nH]c(-c2ccc(Cl)cc2)c1-c1ccncc1.O=C(C(=C1SCS1)c1ccncc1)c1ccc(Cl)cc1. The number of methoxy groups -OCH3 is 2. The van der Waals surface area contributed by atoms with Crippen LogP contribution in [0.2, 0.25) is 15.1 Å². The van der Waals surface area contributed by atoms with E-state index in [-0.39, 0.29) is 16.6 Å². The lowest BCUT2D eigenvalue weighted by Gasteiger charge is -2.20. The van der Waals surface area contributed by atoms with E-state index in [1.807, 2.05) is 48.5 Å². The van der Waals surface area contributed by atoms with Gasteiger partial charge in [-0.1, -0.05) is 46.9 Å². The van der Waals surface area contributed by atoms with E-state index in [0.29, 0.717) is 32.1 Å². The molecule has 0 spiro atoms. The van der Waals surface area contributed by atoms with Gasteiger partial charge in [-0.05, 0) is 126 Å². The van der Waals surface area contributed by atoms with Gasteiger partial charge < -0.3 is 9.47 Å². The van der Waals surface area contributed by atoms with Gasteiger partial charge in [-0.15, -0.1) is 28.6 Å². The molecule has 60 heavy (non-hydrogen) atoms. The van der Waals surface area contributed by atoms with E-state index >= 15 is 0 Å². The number of thiocarbonyl (C=S) groups is 1. The maximum Gasteiger partial charge on any atom is 0.240 e. The molecule has 1 aliphatic rings. The molecule has 5 heterocycles. The molecule has 0 amide bonds. The number of hydrogen-bond acceptors (Lipinski definition) is 11. The number of pyridine rings is 3. The number of benzene rings is 3. The van der Waals surface area contributed by atoms with Gasteiger partial charge in [-0.25, -0.2) is 0 Å². The molecule has 1 fully saturated rings. The molecule has 0 bridgehead atoms. The Kier molecular flexibility index (Phi) is 16.0. The molecule has 1 N–H and O–H groups in total. The minimum absolute atomic E-state index is 0.0302. The molecule has 9 nitrogen and oxygen atoms in total. The summed E-state index contributed by atoms with van der Waals surface area (Å²) in [5, 5.41) is 10.4. The Hall–Kier alpha value is -5.34. The average molecular weight is 911 g/mol. The number of allylic oxidation sites excluding steroid dienone is 1. The van der Waals surface area contributed by atoms with Gasteiger partial charge in [0.15, 0.2) is 16.6 Å². The first-order chi connectivity index (χ1) is 29.2. The van der Waals surface area contributed by atoms with Gasteiger partial charge in [0.1, 0.15) is 5.92 Å². The van der Waals surface area contributed by atoms with Gasteiger partial charge in [-0.3, -0.25) is 29.6 Å². The van der Waals surface area contributed by atoms with Crippen LogP contribution in [-0.4, -0.2) is 61.1 Å². The summed E-state index contributed by atoms with van der Waals surface area (Å²) in [5.74, 6) is -0.164. The summed E-state index contributed by atoms with van der Waals surface area (Å²) < 4.78 is 11.5. The van der Waals surface area contributed by atoms with Crippen LogP contribution in [0.15, 0.2) is 151 Å². The maximum absolute atomic E-state index is 12.7. The Morgan fingerprint density at radius 2 is 1.15 bits per heavy atom. The number of thioether (sulfide) groups is 2.